The van der Waals surface area contributed by atoms with Crippen LogP contribution in [0.5, 0.6) is 5.75 Å². The molecule has 1 rings (SSSR count). The molecule has 0 aliphatic rings. The quantitative estimate of drug-likeness (QED) is 0.829. The van der Waals surface area contributed by atoms with Crippen LogP contribution in [0.2, 0.25) is 0 Å². The minimum absolute atomic E-state index is 0.0599. The molecule has 0 aromatic heterocycles. The monoisotopic (exact) mass is 279 g/mol. The molecule has 2 nitrogen and oxygen atoms in total. The predicted octanol–water partition coefficient (Wildman–Crippen LogP) is 3.75. The molecule has 1 unspecified atom stereocenters. The van der Waals surface area contributed by atoms with Crippen LogP contribution in [0.15, 0.2) is 12.1 Å². The zero-order chi connectivity index (χ0) is 14.6. The molecule has 19 heavy (non-hydrogen) atoms. The van der Waals surface area contributed by atoms with Gasteiger partial charge in [-0.2, -0.15) is 13.2 Å². The molecule has 0 bridgehead atoms. The maximum atomic E-state index is 13.5. The summed E-state index contributed by atoms with van der Waals surface area (Å²) in [6.07, 6.45) is -4.42. The highest BCUT2D eigenvalue weighted by Crippen LogP contribution is 2.29. The molecule has 0 aliphatic heterocycles. The van der Waals surface area contributed by atoms with Gasteiger partial charge in [-0.05, 0) is 38.1 Å². The van der Waals surface area contributed by atoms with E-state index in [1.165, 1.54) is 19.1 Å². The van der Waals surface area contributed by atoms with E-state index in [4.69, 9.17) is 4.74 Å². The first kappa shape index (κ1) is 15.8. The molecule has 0 heterocycles. The minimum atomic E-state index is -4.42. The molecule has 0 aliphatic carbocycles. The molecule has 0 radical (unpaired) electrons. The smallest absolute Gasteiger partial charge is 0.422 e. The zero-order valence-corrected chi connectivity index (χ0v) is 11.1. The predicted molar refractivity (Wildman–Crippen MR) is 64.8 cm³/mol. The van der Waals surface area contributed by atoms with E-state index in [1.807, 2.05) is 6.92 Å². The van der Waals surface area contributed by atoms with E-state index >= 15 is 0 Å². The van der Waals surface area contributed by atoms with Gasteiger partial charge in [0, 0.05) is 11.6 Å². The van der Waals surface area contributed by atoms with Gasteiger partial charge in [-0.1, -0.05) is 6.92 Å². The van der Waals surface area contributed by atoms with Crippen LogP contribution in [0.25, 0.3) is 0 Å². The highest BCUT2D eigenvalue weighted by atomic mass is 19.4. The average molecular weight is 279 g/mol. The molecule has 0 saturated carbocycles. The van der Waals surface area contributed by atoms with Gasteiger partial charge in [-0.25, -0.2) is 4.39 Å². The van der Waals surface area contributed by atoms with Crippen LogP contribution in [0.4, 0.5) is 17.6 Å². The van der Waals surface area contributed by atoms with E-state index in [1.54, 1.807) is 6.92 Å². The van der Waals surface area contributed by atoms with Crippen LogP contribution in [0.1, 0.15) is 31.0 Å². The van der Waals surface area contributed by atoms with E-state index in [2.05, 4.69) is 5.32 Å². The van der Waals surface area contributed by atoms with Crippen molar-refractivity contribution in [3.63, 3.8) is 0 Å². The molecule has 1 N–H and O–H groups in total. The van der Waals surface area contributed by atoms with Gasteiger partial charge in [0.2, 0.25) is 0 Å². The van der Waals surface area contributed by atoms with Crippen molar-refractivity contribution >= 4 is 0 Å². The van der Waals surface area contributed by atoms with Gasteiger partial charge in [0.05, 0.1) is 0 Å². The Morgan fingerprint density at radius 2 is 1.95 bits per heavy atom. The van der Waals surface area contributed by atoms with Crippen molar-refractivity contribution in [2.75, 3.05) is 13.2 Å². The normalized spacial score (nSPS) is 13.4. The van der Waals surface area contributed by atoms with Gasteiger partial charge in [-0.3, -0.25) is 0 Å². The Morgan fingerprint density at radius 3 is 2.47 bits per heavy atom. The van der Waals surface area contributed by atoms with Gasteiger partial charge in [0.15, 0.2) is 6.61 Å². The molecular weight excluding hydrogens is 262 g/mol. The summed E-state index contributed by atoms with van der Waals surface area (Å²) in [4.78, 5) is 0. The van der Waals surface area contributed by atoms with Crippen LogP contribution >= 0.6 is 0 Å². The minimum Gasteiger partial charge on any atom is -0.484 e. The summed E-state index contributed by atoms with van der Waals surface area (Å²) in [5, 5.41) is 3.02. The topological polar surface area (TPSA) is 21.3 Å². The van der Waals surface area contributed by atoms with Crippen molar-refractivity contribution in [1.29, 1.82) is 0 Å². The van der Waals surface area contributed by atoms with Crippen LogP contribution in [-0.4, -0.2) is 19.3 Å². The summed E-state index contributed by atoms with van der Waals surface area (Å²) in [5.74, 6) is -0.399. The molecule has 0 amide bonds. The second-order valence-electron chi connectivity index (χ2n) is 4.32. The molecule has 1 aromatic rings. The summed E-state index contributed by atoms with van der Waals surface area (Å²) in [7, 11) is 0. The fourth-order valence-electron chi connectivity index (χ4n) is 1.71. The first-order chi connectivity index (χ1) is 8.74. The van der Waals surface area contributed by atoms with E-state index < -0.39 is 18.6 Å². The number of benzene rings is 1. The standard InChI is InChI=1S/C13H17F4NO/c1-4-18-9(3)10-6-11(14)8(2)5-12(10)19-7-13(15,16)17/h5-6,9,18H,4,7H2,1-3H3. The fourth-order valence-corrected chi connectivity index (χ4v) is 1.71. The number of ether oxygens (including phenoxy) is 1. The van der Waals surface area contributed by atoms with E-state index in [9.17, 15) is 17.6 Å². The van der Waals surface area contributed by atoms with Crippen molar-refractivity contribution in [2.45, 2.75) is 33.0 Å². The number of aryl methyl sites for hydroxylation is 1. The van der Waals surface area contributed by atoms with E-state index in [0.717, 1.165) is 0 Å². The molecule has 1 aromatic carbocycles. The molecular formula is C13H17F4NO. The summed E-state index contributed by atoms with van der Waals surface area (Å²) in [6.45, 7) is 4.32. The van der Waals surface area contributed by atoms with Gasteiger partial charge >= 0.3 is 6.18 Å². The number of alkyl halides is 3. The van der Waals surface area contributed by atoms with Crippen LogP contribution < -0.4 is 10.1 Å². The third-order valence-electron chi connectivity index (χ3n) is 2.66. The lowest BCUT2D eigenvalue weighted by Gasteiger charge is -2.19. The summed E-state index contributed by atoms with van der Waals surface area (Å²) in [5.41, 5.74) is 0.638. The zero-order valence-electron chi connectivity index (χ0n) is 11.1. The average Bonchev–Trinajstić information content (AvgIpc) is 2.29. The third kappa shape index (κ3) is 4.70. The van der Waals surface area contributed by atoms with Gasteiger partial charge < -0.3 is 10.1 Å². The second kappa shape index (κ2) is 6.23. The number of rotatable bonds is 5. The molecule has 6 heteroatoms. The van der Waals surface area contributed by atoms with Gasteiger partial charge in [-0.15, -0.1) is 0 Å². The first-order valence-corrected chi connectivity index (χ1v) is 5.97. The Kier molecular flexibility index (Phi) is 5.17. The molecule has 108 valence electrons. The Balaban J connectivity index is 3.02. The van der Waals surface area contributed by atoms with Crippen molar-refractivity contribution in [3.05, 3.63) is 29.1 Å². The lowest BCUT2D eigenvalue weighted by atomic mass is 10.0. The Labute approximate surface area is 109 Å². The van der Waals surface area contributed by atoms with Crippen LogP contribution in [0, 0.1) is 12.7 Å². The molecule has 1 atom stereocenters. The second-order valence-corrected chi connectivity index (χ2v) is 4.32. The summed E-state index contributed by atoms with van der Waals surface area (Å²) >= 11 is 0. The Morgan fingerprint density at radius 1 is 1.32 bits per heavy atom. The van der Waals surface area contributed by atoms with E-state index in [0.29, 0.717) is 12.1 Å². The number of hydrogen-bond acceptors (Lipinski definition) is 2. The highest BCUT2D eigenvalue weighted by molar-refractivity contribution is 5.40. The lowest BCUT2D eigenvalue weighted by Crippen LogP contribution is -2.22. The number of halogens is 4. The lowest BCUT2D eigenvalue weighted by molar-refractivity contribution is -0.153. The number of nitrogens with one attached hydrogen (secondary N) is 1. The molecule has 0 saturated heterocycles. The SMILES string of the molecule is CCNC(C)c1cc(F)c(C)cc1OCC(F)(F)F. The van der Waals surface area contributed by atoms with Crippen LogP contribution in [0.3, 0.4) is 0 Å². The summed E-state index contributed by atoms with van der Waals surface area (Å²) < 4.78 is 54.9. The van der Waals surface area contributed by atoms with Gasteiger partial charge in [0.25, 0.3) is 0 Å². The third-order valence-corrected chi connectivity index (χ3v) is 2.66. The molecule has 0 fully saturated rings. The Hall–Kier alpha value is -1.30. The Bertz CT molecular complexity index is 431. The maximum Gasteiger partial charge on any atom is 0.422 e. The van der Waals surface area contributed by atoms with Crippen molar-refractivity contribution in [1.82, 2.24) is 5.32 Å². The number of hydrogen-bond donors (Lipinski definition) is 1. The van der Waals surface area contributed by atoms with Crippen molar-refractivity contribution in [2.24, 2.45) is 0 Å². The largest absolute Gasteiger partial charge is 0.484 e. The fraction of sp³-hybridized carbons (Fsp3) is 0.538. The van der Waals surface area contributed by atoms with Crippen molar-refractivity contribution in [3.8, 4) is 5.75 Å². The first-order valence-electron chi connectivity index (χ1n) is 5.97. The highest BCUT2D eigenvalue weighted by Gasteiger charge is 2.29. The van der Waals surface area contributed by atoms with Crippen LogP contribution in [-0.2, 0) is 0 Å². The van der Waals surface area contributed by atoms with Gasteiger partial charge in [0.1, 0.15) is 11.6 Å². The molecule has 0 spiro atoms. The summed E-state index contributed by atoms with van der Waals surface area (Å²) in [6, 6.07) is 2.22. The maximum absolute atomic E-state index is 13.5. The van der Waals surface area contributed by atoms with Crippen molar-refractivity contribution < 1.29 is 22.3 Å². The van der Waals surface area contributed by atoms with E-state index in [-0.39, 0.29) is 17.4 Å².